The van der Waals surface area contributed by atoms with Crippen LogP contribution in [0.5, 0.6) is 17.2 Å². The number of rotatable bonds is 2. The Balaban J connectivity index is 1.86. The molecule has 0 amide bonds. The topological polar surface area (TPSA) is 63.1 Å². The molecule has 0 saturated heterocycles. The van der Waals surface area contributed by atoms with Gasteiger partial charge in [0.25, 0.3) is 0 Å². The van der Waals surface area contributed by atoms with Gasteiger partial charge in [0.05, 0.1) is 7.11 Å². The van der Waals surface area contributed by atoms with Gasteiger partial charge in [-0.1, -0.05) is 23.9 Å². The summed E-state index contributed by atoms with van der Waals surface area (Å²) in [5, 5.41) is 14.6. The van der Waals surface area contributed by atoms with Crippen molar-refractivity contribution in [2.24, 2.45) is 4.99 Å². The van der Waals surface area contributed by atoms with Crippen molar-refractivity contribution < 1.29 is 14.6 Å². The maximum absolute atomic E-state index is 10.2. The molecule has 0 aromatic heterocycles. The third-order valence-corrected chi connectivity index (χ3v) is 6.27. The molecule has 2 aromatic rings. The Kier molecular flexibility index (Phi) is 4.93. The number of hydrogen-bond acceptors (Lipinski definition) is 6. The van der Waals surface area contributed by atoms with Gasteiger partial charge in [-0.2, -0.15) is 0 Å². The number of fused-ring (bicyclic) bond motifs is 1. The minimum absolute atomic E-state index is 0.117. The van der Waals surface area contributed by atoms with Crippen LogP contribution >= 0.6 is 11.8 Å². The molecule has 0 fully saturated rings. The number of methoxy groups -OCH3 is 1. The van der Waals surface area contributed by atoms with Gasteiger partial charge in [0, 0.05) is 35.9 Å². The second-order valence-electron chi connectivity index (χ2n) is 8.56. The second-order valence-corrected chi connectivity index (χ2v) is 9.35. The minimum atomic E-state index is -0.676. The summed E-state index contributed by atoms with van der Waals surface area (Å²) in [7, 11) is 1.68. The number of benzene rings is 2. The van der Waals surface area contributed by atoms with Crippen molar-refractivity contribution in [3.8, 4) is 17.2 Å². The Labute approximate surface area is 176 Å². The fourth-order valence-electron chi connectivity index (χ4n) is 4.62. The highest BCUT2D eigenvalue weighted by Crippen LogP contribution is 2.50. The van der Waals surface area contributed by atoms with Crippen LogP contribution in [0.3, 0.4) is 0 Å². The molecular formula is C23H28N2O3S. The number of amidine groups is 1. The molecule has 2 aliphatic rings. The summed E-state index contributed by atoms with van der Waals surface area (Å²) in [6.45, 7) is 6.38. The van der Waals surface area contributed by atoms with Crippen LogP contribution in [0.2, 0.25) is 0 Å². The summed E-state index contributed by atoms with van der Waals surface area (Å²) in [6.07, 6.45) is 3.51. The highest BCUT2D eigenvalue weighted by molar-refractivity contribution is 8.13. The van der Waals surface area contributed by atoms with Crippen LogP contribution in [0.4, 0.5) is 0 Å². The number of nitrogens with zero attached hydrogens (tertiary/aromatic N) is 1. The second kappa shape index (κ2) is 7.17. The molecule has 2 heterocycles. The number of aliphatic imine (C=N–C) groups is 1. The predicted molar refractivity (Wildman–Crippen MR) is 118 cm³/mol. The Hall–Kier alpha value is -2.34. The molecule has 29 heavy (non-hydrogen) atoms. The zero-order valence-electron chi connectivity index (χ0n) is 17.6. The van der Waals surface area contributed by atoms with Crippen LogP contribution < -0.4 is 14.8 Å². The fourth-order valence-corrected chi connectivity index (χ4v) is 5.25. The van der Waals surface area contributed by atoms with Crippen LogP contribution in [-0.2, 0) is 0 Å². The van der Waals surface area contributed by atoms with Gasteiger partial charge in [-0.25, -0.2) is 4.99 Å². The van der Waals surface area contributed by atoms with Gasteiger partial charge in [0.15, 0.2) is 5.17 Å². The van der Waals surface area contributed by atoms with Gasteiger partial charge in [-0.05, 0) is 56.4 Å². The van der Waals surface area contributed by atoms with E-state index < -0.39 is 5.72 Å². The maximum atomic E-state index is 10.2. The first-order chi connectivity index (χ1) is 13.7. The summed E-state index contributed by atoms with van der Waals surface area (Å²) >= 11 is 1.60. The van der Waals surface area contributed by atoms with E-state index >= 15 is 0 Å². The first kappa shape index (κ1) is 20.0. The number of aromatic hydroxyl groups is 1. The van der Waals surface area contributed by atoms with E-state index in [1.54, 1.807) is 31.0 Å². The lowest BCUT2D eigenvalue weighted by Crippen LogP contribution is -2.56. The molecule has 0 aliphatic carbocycles. The zero-order chi connectivity index (χ0) is 20.8. The highest BCUT2D eigenvalue weighted by atomic mass is 32.2. The number of phenolic OH excluding ortho intramolecular Hbond substituents is 1. The van der Waals surface area contributed by atoms with Gasteiger partial charge < -0.3 is 19.9 Å². The van der Waals surface area contributed by atoms with Gasteiger partial charge in [-0.15, -0.1) is 0 Å². The van der Waals surface area contributed by atoms with Gasteiger partial charge in [0.2, 0.25) is 5.72 Å². The highest BCUT2D eigenvalue weighted by Gasteiger charge is 2.48. The van der Waals surface area contributed by atoms with Crippen LogP contribution in [0.25, 0.3) is 0 Å². The standard InChI is InChI=1S/C23H28N2O3S/c1-14-10-16(26)11-19-20(14)18(15-6-8-17(27-4)9-7-15)12-23(28-19)13-22(2,3)24-21(25-23)29-5/h6-11,18,26H,12-13H2,1-5H3,(H,24,25)/t18-,23-/m1/s1. The summed E-state index contributed by atoms with van der Waals surface area (Å²) < 4.78 is 11.9. The van der Waals surface area contributed by atoms with E-state index in [0.29, 0.717) is 0 Å². The van der Waals surface area contributed by atoms with E-state index in [9.17, 15) is 5.11 Å². The molecule has 0 unspecified atom stereocenters. The van der Waals surface area contributed by atoms with Crippen LogP contribution in [0.1, 0.15) is 49.3 Å². The number of thioether (sulfide) groups is 1. The maximum Gasteiger partial charge on any atom is 0.206 e. The quantitative estimate of drug-likeness (QED) is 0.741. The van der Waals surface area contributed by atoms with Gasteiger partial charge in [0.1, 0.15) is 17.2 Å². The van der Waals surface area contributed by atoms with Crippen LogP contribution in [0, 0.1) is 6.92 Å². The molecule has 2 aliphatic heterocycles. The summed E-state index contributed by atoms with van der Waals surface area (Å²) in [4.78, 5) is 4.99. The summed E-state index contributed by atoms with van der Waals surface area (Å²) in [5.41, 5.74) is 2.52. The van der Waals surface area contributed by atoms with Crippen molar-refractivity contribution in [1.29, 1.82) is 0 Å². The van der Waals surface area contributed by atoms with Gasteiger partial charge in [-0.3, -0.25) is 0 Å². The molecule has 2 N–H and O–H groups in total. The van der Waals surface area contributed by atoms with Crippen molar-refractivity contribution in [3.05, 3.63) is 53.1 Å². The molecular weight excluding hydrogens is 384 g/mol. The van der Waals surface area contributed by atoms with E-state index in [-0.39, 0.29) is 17.2 Å². The Bertz CT molecular complexity index is 955. The molecule has 0 bridgehead atoms. The number of ether oxygens (including phenoxy) is 2. The Morgan fingerprint density at radius 2 is 1.97 bits per heavy atom. The smallest absolute Gasteiger partial charge is 0.206 e. The monoisotopic (exact) mass is 412 g/mol. The Morgan fingerprint density at radius 1 is 1.24 bits per heavy atom. The zero-order valence-corrected chi connectivity index (χ0v) is 18.4. The molecule has 5 nitrogen and oxygen atoms in total. The fraction of sp³-hybridized carbons (Fsp3) is 0.435. The van der Waals surface area contributed by atoms with E-state index in [0.717, 1.165) is 40.6 Å². The summed E-state index contributed by atoms with van der Waals surface area (Å²) in [6, 6.07) is 11.8. The van der Waals surface area contributed by atoms with E-state index in [1.807, 2.05) is 25.3 Å². The molecule has 154 valence electrons. The lowest BCUT2D eigenvalue weighted by atomic mass is 9.76. The largest absolute Gasteiger partial charge is 0.508 e. The number of phenols is 1. The average Bonchev–Trinajstić information content (AvgIpc) is 2.65. The molecule has 0 saturated carbocycles. The number of aryl methyl sites for hydroxylation is 1. The Morgan fingerprint density at radius 3 is 2.62 bits per heavy atom. The predicted octanol–water partition coefficient (Wildman–Crippen LogP) is 4.81. The third-order valence-electron chi connectivity index (χ3n) is 5.69. The summed E-state index contributed by atoms with van der Waals surface area (Å²) in [5.74, 6) is 1.89. The molecule has 0 radical (unpaired) electrons. The van der Waals surface area contributed by atoms with Crippen molar-refractivity contribution in [2.75, 3.05) is 13.4 Å². The lowest BCUT2D eigenvalue weighted by molar-refractivity contribution is 0.0132. The number of nitrogens with one attached hydrogen (secondary N) is 1. The molecule has 4 rings (SSSR count). The van der Waals surface area contributed by atoms with Gasteiger partial charge >= 0.3 is 0 Å². The normalized spacial score (nSPS) is 24.9. The first-order valence-corrected chi connectivity index (χ1v) is 11.1. The van der Waals surface area contributed by atoms with Crippen molar-refractivity contribution in [1.82, 2.24) is 5.32 Å². The van der Waals surface area contributed by atoms with Crippen LogP contribution in [-0.4, -0.2) is 34.9 Å². The van der Waals surface area contributed by atoms with Crippen LogP contribution in [0.15, 0.2) is 41.4 Å². The van der Waals surface area contributed by atoms with Crippen molar-refractivity contribution >= 4 is 16.9 Å². The van der Waals surface area contributed by atoms with E-state index in [2.05, 4.69) is 31.3 Å². The van der Waals surface area contributed by atoms with E-state index in [4.69, 9.17) is 14.5 Å². The minimum Gasteiger partial charge on any atom is -0.508 e. The number of hydrogen-bond donors (Lipinski definition) is 2. The third kappa shape index (κ3) is 3.78. The molecule has 2 atom stereocenters. The molecule has 1 spiro atoms. The van der Waals surface area contributed by atoms with E-state index in [1.165, 1.54) is 5.56 Å². The van der Waals surface area contributed by atoms with Crippen molar-refractivity contribution in [2.45, 2.75) is 50.8 Å². The molecule has 6 heteroatoms. The lowest BCUT2D eigenvalue weighted by Gasteiger charge is -2.47. The average molecular weight is 413 g/mol. The molecule has 2 aromatic carbocycles. The first-order valence-electron chi connectivity index (χ1n) is 9.83. The van der Waals surface area contributed by atoms with Crippen molar-refractivity contribution in [3.63, 3.8) is 0 Å². The SMILES string of the molecule is COc1ccc([C@H]2C[C@]3(CC(C)(C)NC(SC)=N3)Oc3cc(O)cc(C)c32)cc1.